The summed E-state index contributed by atoms with van der Waals surface area (Å²) in [6, 6.07) is 13.2. The molecule has 0 unspecified atom stereocenters. The van der Waals surface area contributed by atoms with Crippen molar-refractivity contribution in [2.24, 2.45) is 10.7 Å². The molecule has 2 aromatic rings. The predicted octanol–water partition coefficient (Wildman–Crippen LogP) is 1.97. The lowest BCUT2D eigenvalue weighted by Crippen LogP contribution is -2.19. The average molecular weight is 397 g/mol. The fraction of sp³-hybridized carbons (Fsp3) is 0.286. The van der Waals surface area contributed by atoms with Gasteiger partial charge in [0, 0.05) is 33.8 Å². The van der Waals surface area contributed by atoms with Crippen LogP contribution in [0.4, 0.5) is 5.82 Å². The van der Waals surface area contributed by atoms with Gasteiger partial charge in [0.25, 0.3) is 5.91 Å². The Morgan fingerprint density at radius 2 is 2.03 bits per heavy atom. The van der Waals surface area contributed by atoms with Crippen molar-refractivity contribution < 1.29 is 14.3 Å². The van der Waals surface area contributed by atoms with Crippen LogP contribution >= 0.6 is 0 Å². The summed E-state index contributed by atoms with van der Waals surface area (Å²) in [5, 5.41) is 2.80. The number of anilines is 1. The van der Waals surface area contributed by atoms with Crippen molar-refractivity contribution in [1.29, 1.82) is 0 Å². The Morgan fingerprint density at radius 3 is 2.72 bits per heavy atom. The van der Waals surface area contributed by atoms with Gasteiger partial charge < -0.3 is 25.4 Å². The van der Waals surface area contributed by atoms with Gasteiger partial charge in [-0.2, -0.15) is 9.98 Å². The van der Waals surface area contributed by atoms with E-state index in [2.05, 4.69) is 15.3 Å². The van der Waals surface area contributed by atoms with Crippen molar-refractivity contribution in [3.8, 4) is 5.88 Å². The number of nitrogens with one attached hydrogen (secondary N) is 1. The minimum absolute atomic E-state index is 0.0993. The zero-order valence-corrected chi connectivity index (χ0v) is 17.0. The summed E-state index contributed by atoms with van der Waals surface area (Å²) in [5.74, 6) is 0.535. The molecule has 1 aromatic carbocycles. The normalized spacial score (nSPS) is 11.5. The number of hydrogen-bond donors (Lipinski definition) is 2. The number of rotatable bonds is 10. The van der Waals surface area contributed by atoms with Crippen LogP contribution < -0.4 is 20.7 Å². The number of pyridine rings is 1. The largest absolute Gasteiger partial charge is 0.475 e. The summed E-state index contributed by atoms with van der Waals surface area (Å²) in [4.78, 5) is 22.9. The van der Waals surface area contributed by atoms with E-state index in [0.29, 0.717) is 37.0 Å². The van der Waals surface area contributed by atoms with Crippen LogP contribution in [0, 0.1) is 0 Å². The van der Waals surface area contributed by atoms with Gasteiger partial charge in [0.1, 0.15) is 18.3 Å². The number of nitrogens with two attached hydrogens (primary N) is 1. The maximum atomic E-state index is 12.6. The second-order valence-electron chi connectivity index (χ2n) is 6.20. The summed E-state index contributed by atoms with van der Waals surface area (Å²) >= 11 is 0. The molecule has 0 fully saturated rings. The van der Waals surface area contributed by atoms with E-state index >= 15 is 0 Å². The second-order valence-corrected chi connectivity index (χ2v) is 6.20. The zero-order chi connectivity index (χ0) is 21.1. The van der Waals surface area contributed by atoms with Gasteiger partial charge >= 0.3 is 0 Å². The van der Waals surface area contributed by atoms with Crippen molar-refractivity contribution in [3.05, 3.63) is 65.9 Å². The van der Waals surface area contributed by atoms with Gasteiger partial charge in [-0.05, 0) is 23.9 Å². The van der Waals surface area contributed by atoms with Crippen LogP contribution in [0.5, 0.6) is 5.88 Å². The molecule has 0 saturated heterocycles. The van der Waals surface area contributed by atoms with Gasteiger partial charge in [-0.25, -0.2) is 0 Å². The molecule has 1 heterocycles. The highest BCUT2D eigenvalue weighted by Gasteiger charge is 2.13. The molecular weight excluding hydrogens is 370 g/mol. The predicted molar refractivity (Wildman–Crippen MR) is 114 cm³/mol. The fourth-order valence-corrected chi connectivity index (χ4v) is 2.44. The topological polar surface area (TPSA) is 102 Å². The number of benzene rings is 1. The van der Waals surface area contributed by atoms with E-state index in [1.807, 2.05) is 42.3 Å². The van der Waals surface area contributed by atoms with E-state index in [0.717, 1.165) is 5.56 Å². The van der Waals surface area contributed by atoms with Gasteiger partial charge in [-0.3, -0.25) is 4.79 Å². The van der Waals surface area contributed by atoms with Crippen LogP contribution in [-0.2, 0) is 11.3 Å². The standard InChI is InChI=1S/C21H27N5O3/c1-23-10-9-18(22)24-21(27)17-13-19(25-20(14-17)29-12-11-28-3)26(2)15-16-7-5-4-6-8-16/h4-10,13-14,23H,11-12,15H2,1-3H3,(H2,22,24,27)/b10-9-. The zero-order valence-electron chi connectivity index (χ0n) is 17.0. The maximum absolute atomic E-state index is 12.6. The molecule has 0 spiro atoms. The first-order valence-corrected chi connectivity index (χ1v) is 9.14. The number of carbonyl (C=O) groups excluding carboxylic acids is 1. The van der Waals surface area contributed by atoms with E-state index < -0.39 is 5.91 Å². The van der Waals surface area contributed by atoms with E-state index in [-0.39, 0.29) is 5.84 Å². The molecule has 2 rings (SSSR count). The van der Waals surface area contributed by atoms with Gasteiger partial charge in [-0.1, -0.05) is 30.3 Å². The average Bonchev–Trinajstić information content (AvgIpc) is 2.73. The quantitative estimate of drug-likeness (QED) is 0.359. The first-order chi connectivity index (χ1) is 14.0. The third-order valence-electron chi connectivity index (χ3n) is 3.88. The number of aliphatic imine (C=N–C) groups is 1. The highest BCUT2D eigenvalue weighted by atomic mass is 16.5. The molecule has 0 radical (unpaired) electrons. The first kappa shape index (κ1) is 21.9. The third kappa shape index (κ3) is 7.27. The molecule has 154 valence electrons. The molecule has 1 amide bonds. The Kier molecular flexibility index (Phi) is 8.65. The highest BCUT2D eigenvalue weighted by Crippen LogP contribution is 2.21. The minimum atomic E-state index is -0.475. The molecule has 1 aromatic heterocycles. The molecule has 0 bridgehead atoms. The Balaban J connectivity index is 2.29. The summed E-state index contributed by atoms with van der Waals surface area (Å²) < 4.78 is 10.6. The number of hydrogen-bond acceptors (Lipinski definition) is 6. The first-order valence-electron chi connectivity index (χ1n) is 9.14. The second kappa shape index (κ2) is 11.5. The molecule has 3 N–H and O–H groups in total. The van der Waals surface area contributed by atoms with E-state index in [1.54, 1.807) is 32.5 Å². The van der Waals surface area contributed by atoms with Crippen molar-refractivity contribution >= 4 is 17.6 Å². The lowest BCUT2D eigenvalue weighted by Gasteiger charge is -2.20. The van der Waals surface area contributed by atoms with Crippen molar-refractivity contribution in [1.82, 2.24) is 10.3 Å². The van der Waals surface area contributed by atoms with Gasteiger partial charge in [-0.15, -0.1) is 0 Å². The van der Waals surface area contributed by atoms with E-state index in [4.69, 9.17) is 15.2 Å². The number of methoxy groups -OCH3 is 1. The molecule has 8 nitrogen and oxygen atoms in total. The van der Waals surface area contributed by atoms with Crippen LogP contribution in [-0.4, -0.2) is 51.1 Å². The number of amides is 1. The van der Waals surface area contributed by atoms with Crippen molar-refractivity contribution in [2.45, 2.75) is 6.54 Å². The van der Waals surface area contributed by atoms with Gasteiger partial charge in [0.2, 0.25) is 5.88 Å². The minimum Gasteiger partial charge on any atom is -0.475 e. The third-order valence-corrected chi connectivity index (χ3v) is 3.88. The molecule has 0 aliphatic carbocycles. The Labute approximate surface area is 171 Å². The molecular formula is C21H27N5O3. The molecule has 29 heavy (non-hydrogen) atoms. The highest BCUT2D eigenvalue weighted by molar-refractivity contribution is 6.06. The van der Waals surface area contributed by atoms with Crippen LogP contribution in [0.3, 0.4) is 0 Å². The molecule has 0 saturated carbocycles. The van der Waals surface area contributed by atoms with Crippen LogP contribution in [0.25, 0.3) is 0 Å². The van der Waals surface area contributed by atoms with E-state index in [9.17, 15) is 4.79 Å². The molecule has 0 atom stereocenters. The van der Waals surface area contributed by atoms with E-state index in [1.165, 1.54) is 6.08 Å². The fourth-order valence-electron chi connectivity index (χ4n) is 2.44. The Hall–Kier alpha value is -3.39. The molecule has 8 heteroatoms. The number of aromatic nitrogens is 1. The summed E-state index contributed by atoms with van der Waals surface area (Å²) in [5.41, 5.74) is 7.22. The number of nitrogens with zero attached hydrogens (tertiary/aromatic N) is 3. The number of amidine groups is 1. The van der Waals surface area contributed by atoms with Crippen LogP contribution in [0.1, 0.15) is 15.9 Å². The molecule has 0 aliphatic heterocycles. The molecule has 0 aliphatic rings. The summed E-state index contributed by atoms with van der Waals surface area (Å²) in [6.07, 6.45) is 3.11. The Morgan fingerprint density at radius 1 is 1.28 bits per heavy atom. The number of ether oxygens (including phenoxy) is 2. The lowest BCUT2D eigenvalue weighted by molar-refractivity contribution is 0.100. The number of carbonyl (C=O) groups is 1. The van der Waals surface area contributed by atoms with Crippen LogP contribution in [0.2, 0.25) is 0 Å². The van der Waals surface area contributed by atoms with Crippen molar-refractivity contribution in [2.75, 3.05) is 39.3 Å². The smallest absolute Gasteiger partial charge is 0.279 e. The summed E-state index contributed by atoms with van der Waals surface area (Å²) in [7, 11) is 5.22. The maximum Gasteiger partial charge on any atom is 0.279 e. The lowest BCUT2D eigenvalue weighted by atomic mass is 10.2. The SMILES string of the molecule is CN/C=C\C(N)=NC(=O)c1cc(OCCOC)nc(N(C)Cc2ccccc2)c1. The van der Waals surface area contributed by atoms with Gasteiger partial charge in [0.05, 0.1) is 12.2 Å². The van der Waals surface area contributed by atoms with Crippen molar-refractivity contribution in [3.63, 3.8) is 0 Å². The van der Waals surface area contributed by atoms with Crippen LogP contribution in [0.15, 0.2) is 59.7 Å². The van der Waals surface area contributed by atoms with Gasteiger partial charge in [0.15, 0.2) is 0 Å². The Bertz CT molecular complexity index is 853. The monoisotopic (exact) mass is 397 g/mol. The summed E-state index contributed by atoms with van der Waals surface area (Å²) in [6.45, 7) is 1.35.